The highest BCUT2D eigenvalue weighted by Gasteiger charge is 2.17. The molecule has 0 aliphatic rings. The number of halogens is 1. The van der Waals surface area contributed by atoms with E-state index in [1.54, 1.807) is 35.9 Å². The third-order valence-corrected chi connectivity index (χ3v) is 4.79. The molecule has 3 aromatic rings. The quantitative estimate of drug-likeness (QED) is 0.586. The first-order valence-electron chi connectivity index (χ1n) is 8.85. The Bertz CT molecular complexity index is 1110. The van der Waals surface area contributed by atoms with E-state index < -0.39 is 0 Å². The monoisotopic (exact) mass is 429 g/mol. The van der Waals surface area contributed by atoms with E-state index in [4.69, 9.17) is 23.8 Å². The van der Waals surface area contributed by atoms with Crippen molar-refractivity contribution in [1.29, 1.82) is 0 Å². The van der Waals surface area contributed by atoms with Gasteiger partial charge in [-0.05, 0) is 43.4 Å². The second kappa shape index (κ2) is 9.02. The predicted molar refractivity (Wildman–Crippen MR) is 115 cm³/mol. The molecule has 0 saturated carbocycles. The van der Waals surface area contributed by atoms with Crippen LogP contribution in [-0.4, -0.2) is 45.1 Å². The van der Waals surface area contributed by atoms with Gasteiger partial charge >= 0.3 is 0 Å². The molecule has 0 unspecified atom stereocenters. The zero-order valence-electron chi connectivity index (χ0n) is 16.0. The van der Waals surface area contributed by atoms with Crippen molar-refractivity contribution in [3.8, 4) is 11.4 Å². The molecule has 2 N–H and O–H groups in total. The number of hydrogen-bond acceptors (Lipinski definition) is 4. The van der Waals surface area contributed by atoms with E-state index in [2.05, 4.69) is 15.5 Å². The summed E-state index contributed by atoms with van der Waals surface area (Å²) in [4.78, 5) is 26.3. The van der Waals surface area contributed by atoms with E-state index in [0.29, 0.717) is 21.3 Å². The first-order chi connectivity index (χ1) is 13.8. The van der Waals surface area contributed by atoms with Crippen LogP contribution in [0.5, 0.6) is 0 Å². The van der Waals surface area contributed by atoms with Gasteiger partial charge in [-0.25, -0.2) is 0 Å². The minimum atomic E-state index is -0.321. The number of aromatic nitrogens is 3. The van der Waals surface area contributed by atoms with Gasteiger partial charge < -0.3 is 10.2 Å². The number of rotatable bonds is 6. The maximum absolute atomic E-state index is 12.7. The highest BCUT2D eigenvalue weighted by atomic mass is 35.5. The molecule has 0 bridgehead atoms. The molecular weight excluding hydrogens is 410 g/mol. The minimum Gasteiger partial charge on any atom is -0.335 e. The van der Waals surface area contributed by atoms with Crippen molar-refractivity contribution in [3.05, 3.63) is 63.9 Å². The summed E-state index contributed by atoms with van der Waals surface area (Å²) >= 11 is 11.2. The number of nitrogens with one attached hydrogen (secondary N) is 2. The van der Waals surface area contributed by atoms with Crippen molar-refractivity contribution in [3.63, 3.8) is 0 Å². The van der Waals surface area contributed by atoms with Gasteiger partial charge in [0.05, 0.1) is 6.54 Å². The number of carbonyl (C=O) groups excluding carboxylic acids is 2. The Balaban J connectivity index is 1.68. The maximum Gasteiger partial charge on any atom is 0.243 e. The third-order valence-electron chi connectivity index (χ3n) is 4.24. The fourth-order valence-corrected chi connectivity index (χ4v) is 3.18. The Morgan fingerprint density at radius 3 is 2.72 bits per heavy atom. The molecule has 2 aromatic carbocycles. The number of nitrogens with zero attached hydrogens (tertiary/aromatic N) is 3. The standard InChI is InChI=1S/C20H20ClN5O2S/c1-13-5-3-6-14(9-13)19-23-24-20(29)26(19)12-18(28)25(2)11-17(27)22-16-8-4-7-15(21)10-16/h3-10H,11-12H2,1-2H3,(H,22,27)(H,24,29). The summed E-state index contributed by atoms with van der Waals surface area (Å²) in [6, 6.07) is 14.6. The summed E-state index contributed by atoms with van der Waals surface area (Å²) in [5, 5.41) is 10.2. The van der Waals surface area contributed by atoms with Gasteiger partial charge in [0.2, 0.25) is 11.8 Å². The number of anilines is 1. The maximum atomic E-state index is 12.7. The molecule has 1 aromatic heterocycles. The average Bonchev–Trinajstić information content (AvgIpc) is 3.02. The summed E-state index contributed by atoms with van der Waals surface area (Å²) in [5.74, 6) is -0.0145. The number of aryl methyl sites for hydroxylation is 1. The topological polar surface area (TPSA) is 83.0 Å². The number of likely N-dealkylation sites (N-methyl/N-ethyl adjacent to an activating group) is 1. The van der Waals surface area contributed by atoms with E-state index in [1.165, 1.54) is 4.90 Å². The molecule has 150 valence electrons. The van der Waals surface area contributed by atoms with Gasteiger partial charge in [0.25, 0.3) is 0 Å². The number of aromatic amines is 1. The third kappa shape index (κ3) is 5.30. The summed E-state index contributed by atoms with van der Waals surface area (Å²) in [6.07, 6.45) is 0. The van der Waals surface area contributed by atoms with Crippen LogP contribution in [0.25, 0.3) is 11.4 Å². The first kappa shape index (κ1) is 20.8. The van der Waals surface area contributed by atoms with Crippen LogP contribution in [0.1, 0.15) is 5.56 Å². The SMILES string of the molecule is Cc1cccc(-c2n[nH]c(=S)n2CC(=O)N(C)CC(=O)Nc2cccc(Cl)c2)c1. The highest BCUT2D eigenvalue weighted by Crippen LogP contribution is 2.19. The minimum absolute atomic E-state index is 0.0282. The van der Waals surface area contributed by atoms with E-state index >= 15 is 0 Å². The Kier molecular flexibility index (Phi) is 6.46. The van der Waals surface area contributed by atoms with Gasteiger partial charge in [-0.3, -0.25) is 19.3 Å². The average molecular weight is 430 g/mol. The van der Waals surface area contributed by atoms with Gasteiger partial charge in [0.1, 0.15) is 6.54 Å². The van der Waals surface area contributed by atoms with Gasteiger partial charge in [-0.2, -0.15) is 5.10 Å². The van der Waals surface area contributed by atoms with Crippen LogP contribution < -0.4 is 5.32 Å². The molecule has 0 fully saturated rings. The molecule has 0 spiro atoms. The van der Waals surface area contributed by atoms with Crippen molar-refractivity contribution in [2.75, 3.05) is 18.9 Å². The summed E-state index contributed by atoms with van der Waals surface area (Å²) in [7, 11) is 1.57. The van der Waals surface area contributed by atoms with E-state index in [-0.39, 0.29) is 24.9 Å². The molecule has 0 saturated heterocycles. The van der Waals surface area contributed by atoms with Crippen LogP contribution in [0.2, 0.25) is 5.02 Å². The molecule has 0 atom stereocenters. The van der Waals surface area contributed by atoms with Gasteiger partial charge in [-0.15, -0.1) is 0 Å². The van der Waals surface area contributed by atoms with Crippen molar-refractivity contribution in [2.45, 2.75) is 13.5 Å². The van der Waals surface area contributed by atoms with Crippen LogP contribution in [-0.2, 0) is 16.1 Å². The van der Waals surface area contributed by atoms with E-state index in [1.807, 2.05) is 31.2 Å². The van der Waals surface area contributed by atoms with Crippen LogP contribution in [0, 0.1) is 11.7 Å². The van der Waals surface area contributed by atoms with Gasteiger partial charge in [0, 0.05) is 23.3 Å². The molecule has 2 amide bonds. The summed E-state index contributed by atoms with van der Waals surface area (Å²) in [5.41, 5.74) is 2.50. The molecule has 29 heavy (non-hydrogen) atoms. The van der Waals surface area contributed by atoms with Crippen molar-refractivity contribution >= 4 is 41.3 Å². The Hall–Kier alpha value is -2.97. The lowest BCUT2D eigenvalue weighted by Crippen LogP contribution is -2.37. The van der Waals surface area contributed by atoms with Gasteiger partial charge in [-0.1, -0.05) is 41.4 Å². The molecule has 3 rings (SSSR count). The second-order valence-corrected chi connectivity index (χ2v) is 7.44. The molecule has 1 heterocycles. The largest absolute Gasteiger partial charge is 0.335 e. The molecular formula is C20H20ClN5O2S. The lowest BCUT2D eigenvalue weighted by molar-refractivity contribution is -0.133. The van der Waals surface area contributed by atoms with Crippen LogP contribution in [0.15, 0.2) is 48.5 Å². The van der Waals surface area contributed by atoms with E-state index in [9.17, 15) is 9.59 Å². The number of H-pyrrole nitrogens is 1. The second-order valence-electron chi connectivity index (χ2n) is 6.62. The van der Waals surface area contributed by atoms with Crippen molar-refractivity contribution in [1.82, 2.24) is 19.7 Å². The highest BCUT2D eigenvalue weighted by molar-refractivity contribution is 7.71. The number of benzene rings is 2. The van der Waals surface area contributed by atoms with Crippen molar-refractivity contribution in [2.24, 2.45) is 0 Å². The molecule has 9 heteroatoms. The van der Waals surface area contributed by atoms with Crippen molar-refractivity contribution < 1.29 is 9.59 Å². The Morgan fingerprint density at radius 2 is 2.00 bits per heavy atom. The van der Waals surface area contributed by atoms with Gasteiger partial charge in [0.15, 0.2) is 10.6 Å². The number of hydrogen-bond donors (Lipinski definition) is 2. The fourth-order valence-electron chi connectivity index (χ4n) is 2.80. The Labute approximate surface area is 178 Å². The van der Waals surface area contributed by atoms with Crippen LogP contribution >= 0.6 is 23.8 Å². The van der Waals surface area contributed by atoms with Crippen LogP contribution in [0.4, 0.5) is 5.69 Å². The first-order valence-corrected chi connectivity index (χ1v) is 9.64. The molecule has 0 aliphatic heterocycles. The summed E-state index contributed by atoms with van der Waals surface area (Å²) in [6.45, 7) is 1.85. The lowest BCUT2D eigenvalue weighted by atomic mass is 10.1. The zero-order chi connectivity index (χ0) is 21.0. The zero-order valence-corrected chi connectivity index (χ0v) is 17.5. The molecule has 0 aliphatic carbocycles. The number of amides is 2. The molecule has 7 nitrogen and oxygen atoms in total. The smallest absolute Gasteiger partial charge is 0.243 e. The number of carbonyl (C=O) groups is 2. The lowest BCUT2D eigenvalue weighted by Gasteiger charge is -2.18. The fraction of sp³-hybridized carbons (Fsp3) is 0.200. The van der Waals surface area contributed by atoms with E-state index in [0.717, 1.165) is 11.1 Å². The molecule has 0 radical (unpaired) electrons. The predicted octanol–water partition coefficient (Wildman–Crippen LogP) is 3.67. The Morgan fingerprint density at radius 1 is 1.24 bits per heavy atom. The summed E-state index contributed by atoms with van der Waals surface area (Å²) < 4.78 is 1.96. The van der Waals surface area contributed by atoms with Crippen LogP contribution in [0.3, 0.4) is 0 Å². The normalized spacial score (nSPS) is 10.6.